The topological polar surface area (TPSA) is 47.9 Å². The summed E-state index contributed by atoms with van der Waals surface area (Å²) in [5.74, 6) is 2.25. The number of rotatable bonds is 10. The third kappa shape index (κ3) is 7.19. The minimum absolute atomic E-state index is 0.0683. The number of ether oxygens (including phenoxy) is 3. The van der Waals surface area contributed by atoms with Crippen molar-refractivity contribution in [2.24, 2.45) is 23.2 Å². The zero-order valence-electron chi connectivity index (χ0n) is 20.2. The lowest BCUT2D eigenvalue weighted by Gasteiger charge is -2.48. The van der Waals surface area contributed by atoms with E-state index in [1.54, 1.807) is 14.0 Å². The lowest BCUT2D eigenvalue weighted by atomic mass is 9.59. The molecule has 172 valence electrons. The summed E-state index contributed by atoms with van der Waals surface area (Å²) in [4.78, 5) is 0. The second kappa shape index (κ2) is 10.9. The number of methoxy groups -OCH3 is 1. The van der Waals surface area contributed by atoms with Gasteiger partial charge in [0.1, 0.15) is 0 Å². The van der Waals surface area contributed by atoms with Gasteiger partial charge in [0, 0.05) is 7.11 Å². The molecule has 4 nitrogen and oxygen atoms in total. The van der Waals surface area contributed by atoms with Crippen LogP contribution in [0.25, 0.3) is 0 Å². The monoisotopic (exact) mass is 412 g/mol. The highest BCUT2D eigenvalue weighted by Crippen LogP contribution is 2.50. The summed E-state index contributed by atoms with van der Waals surface area (Å²) >= 11 is 0. The van der Waals surface area contributed by atoms with E-state index in [-0.39, 0.29) is 17.8 Å². The van der Waals surface area contributed by atoms with Crippen molar-refractivity contribution in [2.75, 3.05) is 20.3 Å². The minimum Gasteiger partial charge on any atom is -0.391 e. The van der Waals surface area contributed by atoms with Crippen LogP contribution < -0.4 is 0 Å². The number of hydrogen-bond acceptors (Lipinski definition) is 4. The van der Waals surface area contributed by atoms with E-state index in [9.17, 15) is 5.11 Å². The summed E-state index contributed by atoms with van der Waals surface area (Å²) in [6.07, 6.45) is 10.2. The standard InChI is InChI=1S/C25H48O4/c1-18(26)16-28-23-14-12-21(13-15-23)24(3,4)20-8-10-22(11-9-20)25(5,6)29-17-19(2)27-7/h18-23,26H,8-17H2,1-7H3. The molecular weight excluding hydrogens is 364 g/mol. The number of aliphatic hydroxyl groups is 1. The van der Waals surface area contributed by atoms with Crippen molar-refractivity contribution < 1.29 is 19.3 Å². The molecular formula is C25H48O4. The highest BCUT2D eigenvalue weighted by molar-refractivity contribution is 4.93. The molecule has 0 aromatic carbocycles. The fraction of sp³-hybridized carbons (Fsp3) is 1.00. The van der Waals surface area contributed by atoms with Crippen LogP contribution >= 0.6 is 0 Å². The number of hydrogen-bond donors (Lipinski definition) is 1. The first-order valence-corrected chi connectivity index (χ1v) is 12.0. The SMILES string of the molecule is COC(C)COC(C)(C)C1CCC(C(C)(C)C2CCC(OCC(C)O)CC2)CC1. The molecule has 1 N–H and O–H groups in total. The zero-order valence-corrected chi connectivity index (χ0v) is 20.2. The van der Waals surface area contributed by atoms with Crippen molar-refractivity contribution in [3.05, 3.63) is 0 Å². The Labute approximate surface area is 180 Å². The van der Waals surface area contributed by atoms with Crippen molar-refractivity contribution in [2.45, 2.75) is 117 Å². The van der Waals surface area contributed by atoms with E-state index < -0.39 is 0 Å². The van der Waals surface area contributed by atoms with E-state index in [0.29, 0.717) is 30.7 Å². The molecule has 2 fully saturated rings. The Hall–Kier alpha value is -0.160. The van der Waals surface area contributed by atoms with Gasteiger partial charge in [0.05, 0.1) is 37.1 Å². The average molecular weight is 413 g/mol. The molecule has 0 heterocycles. The maximum absolute atomic E-state index is 9.45. The van der Waals surface area contributed by atoms with Gasteiger partial charge in [0.15, 0.2) is 0 Å². The molecule has 0 spiro atoms. The van der Waals surface area contributed by atoms with Gasteiger partial charge < -0.3 is 19.3 Å². The van der Waals surface area contributed by atoms with Crippen LogP contribution in [0.5, 0.6) is 0 Å². The van der Waals surface area contributed by atoms with Gasteiger partial charge in [-0.05, 0) is 102 Å². The summed E-state index contributed by atoms with van der Waals surface area (Å²) in [6.45, 7) is 14.6. The summed E-state index contributed by atoms with van der Waals surface area (Å²) in [5.41, 5.74) is 0.330. The van der Waals surface area contributed by atoms with Crippen LogP contribution in [0.2, 0.25) is 0 Å². The van der Waals surface area contributed by atoms with Gasteiger partial charge in [-0.3, -0.25) is 0 Å². The largest absolute Gasteiger partial charge is 0.391 e. The van der Waals surface area contributed by atoms with Gasteiger partial charge in [-0.25, -0.2) is 0 Å². The fourth-order valence-corrected chi connectivity index (χ4v) is 5.63. The van der Waals surface area contributed by atoms with Gasteiger partial charge in [0.2, 0.25) is 0 Å². The fourth-order valence-electron chi connectivity index (χ4n) is 5.63. The Bertz CT molecular complexity index is 457. The molecule has 2 rings (SSSR count). The first kappa shape index (κ1) is 25.1. The molecule has 0 radical (unpaired) electrons. The van der Waals surface area contributed by atoms with Gasteiger partial charge in [-0.1, -0.05) is 13.8 Å². The normalized spacial score (nSPS) is 31.4. The molecule has 2 aliphatic carbocycles. The average Bonchev–Trinajstić information content (AvgIpc) is 2.71. The molecule has 0 bridgehead atoms. The smallest absolute Gasteiger partial charge is 0.0776 e. The molecule has 2 saturated carbocycles. The van der Waals surface area contributed by atoms with Crippen LogP contribution in [-0.2, 0) is 14.2 Å². The molecule has 4 heteroatoms. The van der Waals surface area contributed by atoms with Crippen molar-refractivity contribution in [1.82, 2.24) is 0 Å². The quantitative estimate of drug-likeness (QED) is 0.507. The van der Waals surface area contributed by atoms with Crippen molar-refractivity contribution in [1.29, 1.82) is 0 Å². The Balaban J connectivity index is 1.80. The molecule has 2 atom stereocenters. The predicted molar refractivity (Wildman–Crippen MR) is 119 cm³/mol. The minimum atomic E-state index is -0.356. The van der Waals surface area contributed by atoms with E-state index in [1.807, 2.05) is 0 Å². The molecule has 0 aliphatic heterocycles. The van der Waals surface area contributed by atoms with E-state index in [4.69, 9.17) is 14.2 Å². The van der Waals surface area contributed by atoms with Crippen LogP contribution in [0.1, 0.15) is 92.9 Å². The van der Waals surface area contributed by atoms with Crippen LogP contribution in [-0.4, -0.2) is 49.3 Å². The van der Waals surface area contributed by atoms with E-state index in [0.717, 1.165) is 24.7 Å². The first-order chi connectivity index (χ1) is 13.6. The molecule has 2 unspecified atom stereocenters. The third-order valence-electron chi connectivity index (χ3n) is 8.15. The van der Waals surface area contributed by atoms with Crippen LogP contribution in [0, 0.1) is 23.2 Å². The lowest BCUT2D eigenvalue weighted by molar-refractivity contribution is -0.109. The number of aliphatic hydroxyl groups excluding tert-OH is 1. The Kier molecular flexibility index (Phi) is 9.46. The lowest BCUT2D eigenvalue weighted by Crippen LogP contribution is -2.42. The van der Waals surface area contributed by atoms with Gasteiger partial charge >= 0.3 is 0 Å². The van der Waals surface area contributed by atoms with Crippen LogP contribution in [0.3, 0.4) is 0 Å². The molecule has 29 heavy (non-hydrogen) atoms. The third-order valence-corrected chi connectivity index (χ3v) is 8.15. The van der Waals surface area contributed by atoms with Crippen molar-refractivity contribution >= 4 is 0 Å². The highest BCUT2D eigenvalue weighted by Gasteiger charge is 2.43. The summed E-state index contributed by atoms with van der Waals surface area (Å²) < 4.78 is 17.5. The molecule has 0 aromatic rings. The van der Waals surface area contributed by atoms with Crippen molar-refractivity contribution in [3.63, 3.8) is 0 Å². The molecule has 0 amide bonds. The highest BCUT2D eigenvalue weighted by atomic mass is 16.5. The molecule has 0 aromatic heterocycles. The Morgan fingerprint density at radius 1 is 0.793 bits per heavy atom. The molecule has 2 aliphatic rings. The van der Waals surface area contributed by atoms with Gasteiger partial charge in [-0.2, -0.15) is 0 Å². The van der Waals surface area contributed by atoms with Crippen molar-refractivity contribution in [3.8, 4) is 0 Å². The van der Waals surface area contributed by atoms with E-state index in [2.05, 4.69) is 34.6 Å². The van der Waals surface area contributed by atoms with E-state index in [1.165, 1.54) is 38.5 Å². The summed E-state index contributed by atoms with van der Waals surface area (Å²) in [6, 6.07) is 0. The second-order valence-electron chi connectivity index (χ2n) is 11.0. The first-order valence-electron chi connectivity index (χ1n) is 12.0. The van der Waals surface area contributed by atoms with Gasteiger partial charge in [-0.15, -0.1) is 0 Å². The predicted octanol–water partition coefficient (Wildman–Crippen LogP) is 5.61. The van der Waals surface area contributed by atoms with E-state index >= 15 is 0 Å². The maximum Gasteiger partial charge on any atom is 0.0776 e. The summed E-state index contributed by atoms with van der Waals surface area (Å²) in [5, 5.41) is 9.45. The van der Waals surface area contributed by atoms with Crippen LogP contribution in [0.4, 0.5) is 0 Å². The van der Waals surface area contributed by atoms with Crippen LogP contribution in [0.15, 0.2) is 0 Å². The maximum atomic E-state index is 9.45. The zero-order chi connectivity index (χ0) is 21.7. The summed E-state index contributed by atoms with van der Waals surface area (Å²) in [7, 11) is 1.75. The Morgan fingerprint density at radius 2 is 1.28 bits per heavy atom. The second-order valence-corrected chi connectivity index (χ2v) is 11.0. The Morgan fingerprint density at radius 3 is 1.76 bits per heavy atom. The van der Waals surface area contributed by atoms with Gasteiger partial charge in [0.25, 0.3) is 0 Å². The molecule has 0 saturated heterocycles.